The van der Waals surface area contributed by atoms with Gasteiger partial charge in [-0.25, -0.2) is 8.42 Å². The second-order valence-corrected chi connectivity index (χ2v) is 7.52. The number of aryl methyl sites for hydroxylation is 1. The second kappa shape index (κ2) is 7.92. The van der Waals surface area contributed by atoms with E-state index in [2.05, 4.69) is 17.2 Å². The molecule has 23 heavy (non-hydrogen) atoms. The summed E-state index contributed by atoms with van der Waals surface area (Å²) in [5.41, 5.74) is 1.87. The fourth-order valence-corrected chi connectivity index (χ4v) is 2.99. The molecule has 6 nitrogen and oxygen atoms in total. The smallest absolute Gasteiger partial charge is 0.242 e. The number of carbonyl (C=O) groups is 2. The number of hydrogen-bond donors (Lipinski definition) is 2. The van der Waals surface area contributed by atoms with Gasteiger partial charge < -0.3 is 10.6 Å². The van der Waals surface area contributed by atoms with Crippen molar-refractivity contribution in [1.82, 2.24) is 0 Å². The van der Waals surface area contributed by atoms with E-state index >= 15 is 0 Å². The second-order valence-electron chi connectivity index (χ2n) is 5.16. The number of anilines is 2. The van der Waals surface area contributed by atoms with Crippen LogP contribution in [0.2, 0.25) is 0 Å². The zero-order valence-electron chi connectivity index (χ0n) is 13.5. The van der Waals surface area contributed by atoms with E-state index in [9.17, 15) is 18.0 Å². The molecule has 7 heteroatoms. The molecule has 2 amide bonds. The fraction of sp³-hybridized carbons (Fsp3) is 0.375. The standard InChI is InChI=1S/C16H22N2O4S/c1-5-9-23(21,22)11(3)16(20)18-15-10-14(17-12(4)19)8-7-13(15)6-2/h5,7-8,10-11H,1,6,9H2,2-4H3,(H,17,19)(H,18,20). The molecule has 0 bridgehead atoms. The van der Waals surface area contributed by atoms with Gasteiger partial charge in [-0.3, -0.25) is 9.59 Å². The summed E-state index contributed by atoms with van der Waals surface area (Å²) in [6.45, 7) is 8.03. The molecular formula is C16H22N2O4S. The van der Waals surface area contributed by atoms with Crippen molar-refractivity contribution >= 4 is 33.0 Å². The van der Waals surface area contributed by atoms with Gasteiger partial charge in [0.1, 0.15) is 5.25 Å². The lowest BCUT2D eigenvalue weighted by molar-refractivity contribution is -0.115. The summed E-state index contributed by atoms with van der Waals surface area (Å²) in [4.78, 5) is 23.3. The molecule has 1 atom stereocenters. The lowest BCUT2D eigenvalue weighted by Gasteiger charge is -2.15. The quantitative estimate of drug-likeness (QED) is 0.745. The average Bonchev–Trinajstić information content (AvgIpc) is 2.46. The molecule has 1 aromatic carbocycles. The topological polar surface area (TPSA) is 92.3 Å². The van der Waals surface area contributed by atoms with Crippen LogP contribution in [0.5, 0.6) is 0 Å². The van der Waals surface area contributed by atoms with Crippen LogP contribution < -0.4 is 10.6 Å². The van der Waals surface area contributed by atoms with Crippen molar-refractivity contribution in [2.75, 3.05) is 16.4 Å². The Bertz CT molecular complexity index is 711. The first-order valence-corrected chi connectivity index (χ1v) is 8.96. The number of hydrogen-bond acceptors (Lipinski definition) is 4. The Morgan fingerprint density at radius 2 is 1.96 bits per heavy atom. The lowest BCUT2D eigenvalue weighted by Crippen LogP contribution is -2.34. The minimum Gasteiger partial charge on any atom is -0.326 e. The molecule has 0 aliphatic heterocycles. The maximum atomic E-state index is 12.2. The third-order valence-electron chi connectivity index (χ3n) is 3.33. The monoisotopic (exact) mass is 338 g/mol. The number of amides is 2. The van der Waals surface area contributed by atoms with Gasteiger partial charge in [0, 0.05) is 18.3 Å². The van der Waals surface area contributed by atoms with Crippen molar-refractivity contribution in [3.63, 3.8) is 0 Å². The summed E-state index contributed by atoms with van der Waals surface area (Å²) in [5.74, 6) is -1.09. The fourth-order valence-electron chi connectivity index (χ4n) is 1.99. The Labute approximate surface area is 136 Å². The van der Waals surface area contributed by atoms with Crippen molar-refractivity contribution in [2.45, 2.75) is 32.4 Å². The molecule has 0 heterocycles. The molecule has 0 aromatic heterocycles. The summed E-state index contributed by atoms with van der Waals surface area (Å²) in [7, 11) is -3.58. The Morgan fingerprint density at radius 1 is 1.30 bits per heavy atom. The van der Waals surface area contributed by atoms with Gasteiger partial charge in [-0.2, -0.15) is 0 Å². The first-order valence-electron chi connectivity index (χ1n) is 7.25. The first kappa shape index (κ1) is 18.9. The third kappa shape index (κ3) is 5.21. The Morgan fingerprint density at radius 3 is 2.48 bits per heavy atom. The zero-order chi connectivity index (χ0) is 17.6. The van der Waals surface area contributed by atoms with Gasteiger partial charge in [-0.15, -0.1) is 6.58 Å². The number of sulfone groups is 1. The molecule has 0 radical (unpaired) electrons. The van der Waals surface area contributed by atoms with Crippen molar-refractivity contribution < 1.29 is 18.0 Å². The van der Waals surface area contributed by atoms with Gasteiger partial charge in [-0.05, 0) is 31.0 Å². The van der Waals surface area contributed by atoms with Crippen LogP contribution in [-0.4, -0.2) is 31.2 Å². The summed E-state index contributed by atoms with van der Waals surface area (Å²) < 4.78 is 23.9. The molecule has 0 aliphatic rings. The largest absolute Gasteiger partial charge is 0.326 e. The van der Waals surface area contributed by atoms with Crippen LogP contribution in [0.3, 0.4) is 0 Å². The van der Waals surface area contributed by atoms with Crippen molar-refractivity contribution in [3.8, 4) is 0 Å². The lowest BCUT2D eigenvalue weighted by atomic mass is 10.1. The van der Waals surface area contributed by atoms with E-state index in [-0.39, 0.29) is 11.7 Å². The van der Waals surface area contributed by atoms with Crippen molar-refractivity contribution in [3.05, 3.63) is 36.4 Å². The number of nitrogens with one attached hydrogen (secondary N) is 2. The predicted octanol–water partition coefficient (Wildman–Crippen LogP) is 2.14. The molecule has 0 saturated carbocycles. The highest BCUT2D eigenvalue weighted by Gasteiger charge is 2.27. The molecule has 0 fully saturated rings. The van der Waals surface area contributed by atoms with E-state index in [1.54, 1.807) is 18.2 Å². The summed E-state index contributed by atoms with van der Waals surface area (Å²) in [5, 5.41) is 4.08. The highest BCUT2D eigenvalue weighted by molar-refractivity contribution is 7.92. The molecule has 0 aliphatic carbocycles. The minimum absolute atomic E-state index is 0.228. The van der Waals surface area contributed by atoms with Crippen LogP contribution in [0.4, 0.5) is 11.4 Å². The van der Waals surface area contributed by atoms with Gasteiger partial charge in [-0.1, -0.05) is 19.1 Å². The molecule has 0 saturated heterocycles. The van der Waals surface area contributed by atoms with E-state index in [1.807, 2.05) is 6.92 Å². The predicted molar refractivity (Wildman–Crippen MR) is 92.2 cm³/mol. The summed E-state index contributed by atoms with van der Waals surface area (Å²) in [6, 6.07) is 5.13. The molecule has 0 spiro atoms. The SMILES string of the molecule is C=CCS(=O)(=O)C(C)C(=O)Nc1cc(NC(C)=O)ccc1CC. The maximum absolute atomic E-state index is 12.2. The highest BCUT2D eigenvalue weighted by atomic mass is 32.2. The molecular weight excluding hydrogens is 316 g/mol. The third-order valence-corrected chi connectivity index (χ3v) is 5.32. The van der Waals surface area contributed by atoms with E-state index in [4.69, 9.17) is 0 Å². The molecule has 2 N–H and O–H groups in total. The van der Waals surface area contributed by atoms with Gasteiger partial charge >= 0.3 is 0 Å². The number of carbonyl (C=O) groups excluding carboxylic acids is 2. The van der Waals surface area contributed by atoms with Gasteiger partial charge in [0.2, 0.25) is 11.8 Å². The van der Waals surface area contributed by atoms with Crippen LogP contribution in [0.1, 0.15) is 26.3 Å². The van der Waals surface area contributed by atoms with Gasteiger partial charge in [0.15, 0.2) is 9.84 Å². The molecule has 126 valence electrons. The Kier molecular flexibility index (Phi) is 6.50. The van der Waals surface area contributed by atoms with Crippen LogP contribution in [-0.2, 0) is 25.8 Å². The van der Waals surface area contributed by atoms with E-state index in [1.165, 1.54) is 19.9 Å². The number of benzene rings is 1. The summed E-state index contributed by atoms with van der Waals surface area (Å²) >= 11 is 0. The first-order chi connectivity index (χ1) is 10.7. The van der Waals surface area contributed by atoms with Gasteiger partial charge in [0.05, 0.1) is 5.75 Å². The Balaban J connectivity index is 3.04. The van der Waals surface area contributed by atoms with E-state index < -0.39 is 21.0 Å². The van der Waals surface area contributed by atoms with Crippen LogP contribution >= 0.6 is 0 Å². The van der Waals surface area contributed by atoms with Crippen molar-refractivity contribution in [1.29, 1.82) is 0 Å². The van der Waals surface area contributed by atoms with Crippen LogP contribution in [0.25, 0.3) is 0 Å². The van der Waals surface area contributed by atoms with Crippen LogP contribution in [0.15, 0.2) is 30.9 Å². The molecule has 1 rings (SSSR count). The number of rotatable bonds is 7. The maximum Gasteiger partial charge on any atom is 0.242 e. The van der Waals surface area contributed by atoms with Gasteiger partial charge in [0.25, 0.3) is 0 Å². The highest BCUT2D eigenvalue weighted by Crippen LogP contribution is 2.22. The van der Waals surface area contributed by atoms with Crippen LogP contribution in [0, 0.1) is 0 Å². The normalized spacial score (nSPS) is 12.3. The van der Waals surface area contributed by atoms with E-state index in [0.29, 0.717) is 17.8 Å². The average molecular weight is 338 g/mol. The molecule has 1 unspecified atom stereocenters. The van der Waals surface area contributed by atoms with Crippen molar-refractivity contribution in [2.24, 2.45) is 0 Å². The Hall–Kier alpha value is -2.15. The van der Waals surface area contributed by atoms with E-state index in [0.717, 1.165) is 5.56 Å². The zero-order valence-corrected chi connectivity index (χ0v) is 14.4. The summed E-state index contributed by atoms with van der Waals surface area (Å²) in [6.07, 6.45) is 1.91. The minimum atomic E-state index is -3.58. The molecule has 1 aromatic rings.